The first-order valence-electron chi connectivity index (χ1n) is 33.9. The van der Waals surface area contributed by atoms with Crippen molar-refractivity contribution < 1.29 is 62.8 Å². The molecule has 26 nitrogen and oxygen atoms in total. The number of nitrogens with zero attached hydrogens (tertiary/aromatic N) is 3. The van der Waals surface area contributed by atoms with Crippen LogP contribution in [0, 0.1) is 40.5 Å². The summed E-state index contributed by atoms with van der Waals surface area (Å²) in [6.45, 7) is 14.2. The summed E-state index contributed by atoms with van der Waals surface area (Å²) in [5, 5.41) is 37.7. The summed E-state index contributed by atoms with van der Waals surface area (Å²) in [6, 6.07) is 19.6. The number of carbonyl (C=O) groups excluding carboxylic acids is 9. The molecule has 8 atom stereocenters. The number of aliphatic imine (C=N–C) groups is 1. The number of para-hydroxylation sites is 1. The number of aromatic amines is 1. The summed E-state index contributed by atoms with van der Waals surface area (Å²) in [4.78, 5) is 143. The van der Waals surface area contributed by atoms with E-state index < -0.39 is 121 Å². The number of nitrogens with two attached hydrogens (primary N) is 3. The van der Waals surface area contributed by atoms with E-state index in [2.05, 4.69) is 41.9 Å². The molecule has 0 aliphatic carbocycles. The van der Waals surface area contributed by atoms with Crippen LogP contribution in [0.25, 0.3) is 10.9 Å². The van der Waals surface area contributed by atoms with Crippen LogP contribution >= 0.6 is 0 Å². The lowest BCUT2D eigenvalue weighted by molar-refractivity contribution is -0.159. The van der Waals surface area contributed by atoms with Crippen LogP contribution in [0.15, 0.2) is 120 Å². The van der Waals surface area contributed by atoms with Crippen LogP contribution in [0.3, 0.4) is 0 Å². The molecule has 7 rings (SSSR count). The van der Waals surface area contributed by atoms with Gasteiger partial charge < -0.3 is 73.8 Å². The number of hydrogen-bond acceptors (Lipinski definition) is 16. The zero-order valence-electron chi connectivity index (χ0n) is 58.2. The number of aliphatic hydroxyl groups is 2. The largest absolute Gasteiger partial charge is 0.489 e. The van der Waals surface area contributed by atoms with Gasteiger partial charge in [0.1, 0.15) is 55.2 Å². The molecule has 1 aromatic heterocycles. The third-order valence-electron chi connectivity index (χ3n) is 18.3. The highest BCUT2D eigenvalue weighted by Crippen LogP contribution is 2.28. The van der Waals surface area contributed by atoms with E-state index in [0.29, 0.717) is 57.8 Å². The molecule has 1 fully saturated rings. The molecule has 0 saturated carbocycles. The molecule has 15 N–H and O–H groups in total. The summed E-state index contributed by atoms with van der Waals surface area (Å²) in [5.74, 6) is -8.13. The van der Waals surface area contributed by atoms with Crippen LogP contribution in [-0.4, -0.2) is 165 Å². The predicted molar refractivity (Wildman–Crippen MR) is 379 cm³/mol. The molecular formula is C74H97N13O13. The summed E-state index contributed by atoms with van der Waals surface area (Å²) in [5.41, 5.74) is 27.4. The first kappa shape index (κ1) is 77.3. The molecule has 5 aromatic carbocycles. The van der Waals surface area contributed by atoms with Gasteiger partial charge >= 0.3 is 6.09 Å². The SMILES string of the molecule is CCN1CCCC1C(=O)N(C(=O)[C@H](Cc1ccc(OCc2ccccc2)cc1)NC(=O)[C@H](CO)NC(=O)[C@H](Cc1c[nH]c2ccccc12)NC(=O)[C@H](CO)NC(=O)OCc1ccccc1)C(=O)[C@H](CCCN=C(N)N)NC(=O)[C@H](CC(C)C)NC(=O)[C@@H](N)Cc1c(C)c(C)c(C)c(C)c1C. The van der Waals surface area contributed by atoms with Crippen LogP contribution in [-0.2, 0) is 75.6 Å². The van der Waals surface area contributed by atoms with Crippen molar-refractivity contribution in [1.82, 2.24) is 46.7 Å². The van der Waals surface area contributed by atoms with Gasteiger partial charge in [-0.15, -0.1) is 0 Å². The lowest BCUT2D eigenvalue weighted by Crippen LogP contribution is -2.63. The van der Waals surface area contributed by atoms with E-state index in [-0.39, 0.29) is 70.2 Å². The summed E-state index contributed by atoms with van der Waals surface area (Å²) < 4.78 is 11.3. The predicted octanol–water partition coefficient (Wildman–Crippen LogP) is 3.81. The van der Waals surface area contributed by atoms with Crippen molar-refractivity contribution in [2.45, 2.75) is 168 Å². The minimum absolute atomic E-state index is 0.0203. The number of nitrogens with one attached hydrogen (secondary N) is 7. The lowest BCUT2D eigenvalue weighted by atomic mass is 9.86. The number of hydrogen-bond donors (Lipinski definition) is 12. The number of fused-ring (bicyclic) bond motifs is 1. The third-order valence-corrected chi connectivity index (χ3v) is 18.3. The average Bonchev–Trinajstić information content (AvgIpc) is 1.32. The fourth-order valence-corrected chi connectivity index (χ4v) is 12.2. The number of aliphatic hydroxyl groups excluding tert-OH is 2. The van der Waals surface area contributed by atoms with Gasteiger partial charge in [0.2, 0.25) is 29.5 Å². The summed E-state index contributed by atoms with van der Waals surface area (Å²) in [6.07, 6.45) is 0.633. The number of rotatable bonds is 34. The molecule has 1 unspecified atom stereocenters. The molecule has 536 valence electrons. The monoisotopic (exact) mass is 1380 g/mol. The zero-order chi connectivity index (χ0) is 72.7. The summed E-state index contributed by atoms with van der Waals surface area (Å²) in [7, 11) is 0. The van der Waals surface area contributed by atoms with E-state index >= 15 is 14.4 Å². The van der Waals surface area contributed by atoms with Crippen molar-refractivity contribution in [2.24, 2.45) is 28.1 Å². The van der Waals surface area contributed by atoms with Gasteiger partial charge in [0.15, 0.2) is 5.96 Å². The second kappa shape index (κ2) is 37.2. The Bertz CT molecular complexity index is 3810. The molecule has 2 heterocycles. The first-order chi connectivity index (χ1) is 47.8. The van der Waals surface area contributed by atoms with Crippen molar-refractivity contribution in [3.63, 3.8) is 0 Å². The van der Waals surface area contributed by atoms with Gasteiger partial charge in [0.25, 0.3) is 17.7 Å². The molecular weight excluding hydrogens is 1280 g/mol. The standard InChI is InChI=1S/C74H97N13O13/c1-9-86-33-19-27-64(86)72(97)87(70(95)58(26-18-32-78-73(76)77)80-66(91)59(34-43(2)3)81-65(90)56(75)37-55-47(7)45(5)44(4)46(6)48(55)8)71(96)61(35-49-28-30-53(31-29-49)99-41-50-20-12-10-13-21-50)83-68(93)62(39-88)84-67(92)60(36-52-38-79-57-25-17-16-24-54(52)57)82-69(94)63(40-89)85-74(98)100-42-51-22-14-11-15-23-51/h10-17,20-25,28-31,38,43,56,58-64,79,88-89H,9,18-19,26-27,32-37,39-42,75H2,1-8H3,(H,80,91)(H,81,90)(H,82,94)(H,83,93)(H,84,92)(H,85,98)(H4,76,77,78)/t56-,58-,59-,60-,61-,62-,63-,64?/m0/s1. The molecule has 1 aliphatic heterocycles. The second-order valence-corrected chi connectivity index (χ2v) is 25.7. The van der Waals surface area contributed by atoms with E-state index in [4.69, 9.17) is 26.7 Å². The molecule has 1 saturated heterocycles. The number of guanidine groups is 1. The molecule has 0 radical (unpaired) electrons. The normalized spacial score (nSPS) is 15.0. The molecule has 6 aromatic rings. The van der Waals surface area contributed by atoms with E-state index in [1.807, 2.05) is 85.7 Å². The number of likely N-dealkylation sites (N-methyl/N-ethyl adjacent to an activating group) is 1. The van der Waals surface area contributed by atoms with Crippen molar-refractivity contribution in [3.8, 4) is 5.75 Å². The van der Waals surface area contributed by atoms with Crippen molar-refractivity contribution in [1.29, 1.82) is 0 Å². The van der Waals surface area contributed by atoms with Gasteiger partial charge in [-0.1, -0.05) is 112 Å². The van der Waals surface area contributed by atoms with E-state index in [9.17, 15) is 39.0 Å². The van der Waals surface area contributed by atoms with Gasteiger partial charge in [-0.3, -0.25) is 48.2 Å². The van der Waals surface area contributed by atoms with Crippen LogP contribution in [0.2, 0.25) is 0 Å². The number of imide groups is 3. The Morgan fingerprint density at radius 3 is 1.75 bits per heavy atom. The average molecular weight is 1380 g/mol. The van der Waals surface area contributed by atoms with Crippen LogP contribution < -0.4 is 53.8 Å². The Morgan fingerprint density at radius 1 is 0.610 bits per heavy atom. The van der Waals surface area contributed by atoms with Gasteiger partial charge in [-0.2, -0.15) is 0 Å². The first-order valence-corrected chi connectivity index (χ1v) is 33.9. The Morgan fingerprint density at radius 2 is 1.14 bits per heavy atom. The highest BCUT2D eigenvalue weighted by molar-refractivity contribution is 6.16. The maximum absolute atomic E-state index is 16.0. The Labute approximate surface area is 583 Å². The fraction of sp³-hybridized carbons (Fsp3) is 0.432. The lowest BCUT2D eigenvalue weighted by Gasteiger charge is -2.33. The number of ether oxygens (including phenoxy) is 2. The number of aromatic nitrogens is 1. The van der Waals surface area contributed by atoms with Crippen LogP contribution in [0.1, 0.15) is 109 Å². The van der Waals surface area contributed by atoms with Gasteiger partial charge in [-0.05, 0) is 166 Å². The molecule has 100 heavy (non-hydrogen) atoms. The summed E-state index contributed by atoms with van der Waals surface area (Å²) >= 11 is 0. The van der Waals surface area contributed by atoms with E-state index in [0.717, 1.165) is 38.9 Å². The maximum atomic E-state index is 16.0. The van der Waals surface area contributed by atoms with Crippen molar-refractivity contribution in [3.05, 3.63) is 171 Å². The topological polar surface area (TPSA) is 397 Å². The number of carbonyl (C=O) groups is 9. The second-order valence-electron chi connectivity index (χ2n) is 25.7. The van der Waals surface area contributed by atoms with Crippen molar-refractivity contribution in [2.75, 3.05) is 32.8 Å². The number of alkyl carbamates (subject to hydrolysis) is 1. The van der Waals surface area contributed by atoms with Gasteiger partial charge in [0, 0.05) is 36.5 Å². The number of benzene rings is 5. The number of amides is 9. The fourth-order valence-electron chi connectivity index (χ4n) is 12.2. The smallest absolute Gasteiger partial charge is 0.408 e. The Hall–Kier alpha value is -10.0. The molecule has 1 aliphatic rings. The van der Waals surface area contributed by atoms with Crippen LogP contribution in [0.4, 0.5) is 4.79 Å². The number of H-pyrrole nitrogens is 1. The van der Waals surface area contributed by atoms with Crippen molar-refractivity contribution >= 4 is 70.2 Å². The molecule has 0 spiro atoms. The van der Waals surface area contributed by atoms with Gasteiger partial charge in [0.05, 0.1) is 25.3 Å². The maximum Gasteiger partial charge on any atom is 0.408 e. The number of likely N-dealkylation sites (tertiary alicyclic amines) is 1. The van der Waals surface area contributed by atoms with Gasteiger partial charge in [-0.25, -0.2) is 9.69 Å². The zero-order valence-corrected chi connectivity index (χ0v) is 58.2. The minimum Gasteiger partial charge on any atom is -0.489 e. The molecule has 26 heteroatoms. The highest BCUT2D eigenvalue weighted by atomic mass is 16.5. The van der Waals surface area contributed by atoms with E-state index in [1.54, 1.807) is 90.0 Å². The van der Waals surface area contributed by atoms with E-state index in [1.165, 1.54) is 0 Å². The third kappa shape index (κ3) is 21.3. The minimum atomic E-state index is -1.90. The quantitative estimate of drug-likeness (QED) is 0.0155. The molecule has 0 bridgehead atoms. The Kier molecular flexibility index (Phi) is 28.8. The Balaban J connectivity index is 1.22. The molecule has 9 amide bonds. The highest BCUT2D eigenvalue weighted by Gasteiger charge is 2.45. The van der Waals surface area contributed by atoms with Crippen LogP contribution in [0.5, 0.6) is 5.75 Å².